The van der Waals surface area contributed by atoms with E-state index in [1.807, 2.05) is 48.7 Å². The second kappa shape index (κ2) is 8.79. The molecule has 26 heavy (non-hydrogen) atoms. The number of hydrogen-bond donors (Lipinski definition) is 0. The summed E-state index contributed by atoms with van der Waals surface area (Å²) in [4.78, 5) is 9.80. The van der Waals surface area contributed by atoms with Crippen LogP contribution in [0, 0.1) is 12.7 Å². The Labute approximate surface area is 161 Å². The van der Waals surface area contributed by atoms with Gasteiger partial charge in [0.25, 0.3) is 0 Å². The number of nitrogens with zero attached hydrogens (tertiary/aromatic N) is 2. The van der Waals surface area contributed by atoms with Crippen molar-refractivity contribution in [2.24, 2.45) is 4.99 Å². The molecule has 0 N–H and O–H groups in total. The van der Waals surface area contributed by atoms with E-state index in [-0.39, 0.29) is 5.82 Å². The van der Waals surface area contributed by atoms with E-state index in [9.17, 15) is 4.39 Å². The summed E-state index contributed by atoms with van der Waals surface area (Å²) >= 11 is 7.56. The van der Waals surface area contributed by atoms with Gasteiger partial charge in [-0.05, 0) is 60.9 Å². The third kappa shape index (κ3) is 5.28. The fraction of sp³-hybridized carbons (Fsp3) is 0.0476. The van der Waals surface area contributed by atoms with Crippen LogP contribution in [0.4, 0.5) is 10.1 Å². The van der Waals surface area contributed by atoms with Crippen LogP contribution in [0.2, 0.25) is 5.02 Å². The highest BCUT2D eigenvalue weighted by molar-refractivity contribution is 8.02. The number of thioether (sulfide) groups is 1. The van der Waals surface area contributed by atoms with Gasteiger partial charge in [0.05, 0.1) is 16.4 Å². The molecule has 5 heteroatoms. The first-order valence-corrected chi connectivity index (χ1v) is 9.21. The van der Waals surface area contributed by atoms with Crippen LogP contribution in [0.25, 0.3) is 0 Å². The number of aliphatic imine (C=N–C) groups is 1. The second-order valence-corrected chi connectivity index (χ2v) is 7.01. The van der Waals surface area contributed by atoms with Crippen molar-refractivity contribution >= 4 is 34.8 Å². The lowest BCUT2D eigenvalue weighted by Gasteiger charge is -2.04. The Balaban J connectivity index is 1.88. The molecule has 1 heterocycles. The zero-order valence-electron chi connectivity index (χ0n) is 14.1. The van der Waals surface area contributed by atoms with Gasteiger partial charge in [-0.2, -0.15) is 0 Å². The Morgan fingerprint density at radius 2 is 1.81 bits per heavy atom. The van der Waals surface area contributed by atoms with E-state index in [1.54, 1.807) is 24.5 Å². The van der Waals surface area contributed by atoms with Gasteiger partial charge >= 0.3 is 0 Å². The molecule has 0 aliphatic rings. The first kappa shape index (κ1) is 18.4. The van der Waals surface area contributed by atoms with Gasteiger partial charge in [-0.1, -0.05) is 41.1 Å². The van der Waals surface area contributed by atoms with Crippen LogP contribution in [0.3, 0.4) is 0 Å². The molecule has 3 rings (SSSR count). The first-order chi connectivity index (χ1) is 12.6. The molecule has 130 valence electrons. The maximum absolute atomic E-state index is 13.0. The highest BCUT2D eigenvalue weighted by Crippen LogP contribution is 2.21. The molecule has 0 spiro atoms. The van der Waals surface area contributed by atoms with Gasteiger partial charge < -0.3 is 0 Å². The Bertz CT molecular complexity index is 935. The number of benzene rings is 2. The molecule has 0 aliphatic carbocycles. The monoisotopic (exact) mass is 382 g/mol. The van der Waals surface area contributed by atoms with Crippen molar-refractivity contribution in [2.45, 2.75) is 11.8 Å². The lowest BCUT2D eigenvalue weighted by molar-refractivity contribution is 0.626. The van der Waals surface area contributed by atoms with Crippen molar-refractivity contribution < 1.29 is 4.39 Å². The third-order valence-electron chi connectivity index (χ3n) is 3.53. The van der Waals surface area contributed by atoms with E-state index >= 15 is 0 Å². The van der Waals surface area contributed by atoms with Crippen molar-refractivity contribution in [2.75, 3.05) is 0 Å². The number of aromatic nitrogens is 1. The van der Waals surface area contributed by atoms with Gasteiger partial charge in [0.1, 0.15) is 5.82 Å². The van der Waals surface area contributed by atoms with Crippen molar-refractivity contribution in [1.82, 2.24) is 4.98 Å². The van der Waals surface area contributed by atoms with E-state index in [2.05, 4.69) is 4.98 Å². The average Bonchev–Trinajstić information content (AvgIpc) is 2.64. The molecular formula is C21H16ClFN2S. The maximum atomic E-state index is 13.0. The topological polar surface area (TPSA) is 25.2 Å². The third-order valence-corrected chi connectivity index (χ3v) is 4.55. The van der Waals surface area contributed by atoms with Crippen LogP contribution in [0.15, 0.2) is 88.4 Å². The summed E-state index contributed by atoms with van der Waals surface area (Å²) in [6.45, 7) is 2.04. The molecule has 0 radical (unpaired) electrons. The maximum Gasteiger partial charge on any atom is 0.123 e. The van der Waals surface area contributed by atoms with Gasteiger partial charge in [0.15, 0.2) is 0 Å². The van der Waals surface area contributed by atoms with Crippen molar-refractivity contribution in [1.29, 1.82) is 0 Å². The van der Waals surface area contributed by atoms with Gasteiger partial charge in [0, 0.05) is 22.9 Å². The number of pyridine rings is 1. The average molecular weight is 383 g/mol. The standard InChI is InChI=1S/C21H16ClFN2S/c1-15-2-6-19(7-3-15)25-21(16-12-17(22)14-24-13-16)10-11-26-20-8-4-18(23)5-9-20/h2-14H,1H3/b11-10+,25-21?. The highest BCUT2D eigenvalue weighted by atomic mass is 35.5. The van der Waals surface area contributed by atoms with Crippen LogP contribution < -0.4 is 0 Å². The molecule has 2 aromatic carbocycles. The molecule has 3 aromatic rings. The van der Waals surface area contributed by atoms with E-state index in [0.717, 1.165) is 21.9 Å². The number of hydrogen-bond acceptors (Lipinski definition) is 3. The van der Waals surface area contributed by atoms with Crippen molar-refractivity contribution in [3.8, 4) is 0 Å². The minimum absolute atomic E-state index is 0.245. The van der Waals surface area contributed by atoms with E-state index < -0.39 is 0 Å². The van der Waals surface area contributed by atoms with Gasteiger partial charge in [0.2, 0.25) is 0 Å². The molecule has 0 aliphatic heterocycles. The van der Waals surface area contributed by atoms with E-state index in [1.165, 1.54) is 29.5 Å². The van der Waals surface area contributed by atoms with Crippen LogP contribution in [-0.4, -0.2) is 10.7 Å². The zero-order chi connectivity index (χ0) is 18.4. The van der Waals surface area contributed by atoms with Gasteiger partial charge in [-0.3, -0.25) is 4.98 Å². The number of halogens is 2. The minimum Gasteiger partial charge on any atom is -0.262 e. The Kier molecular flexibility index (Phi) is 6.21. The summed E-state index contributed by atoms with van der Waals surface area (Å²) in [5.74, 6) is -0.245. The quantitative estimate of drug-likeness (QED) is 0.366. The Hall–Kier alpha value is -2.43. The van der Waals surface area contributed by atoms with Gasteiger partial charge in [-0.15, -0.1) is 0 Å². The Morgan fingerprint density at radius 3 is 2.50 bits per heavy atom. The van der Waals surface area contributed by atoms with Crippen LogP contribution >= 0.6 is 23.4 Å². The van der Waals surface area contributed by atoms with Crippen LogP contribution in [0.1, 0.15) is 11.1 Å². The largest absolute Gasteiger partial charge is 0.262 e. The minimum atomic E-state index is -0.245. The SMILES string of the molecule is Cc1ccc(N=C(/C=C/Sc2ccc(F)cc2)c2cncc(Cl)c2)cc1. The summed E-state index contributed by atoms with van der Waals surface area (Å²) in [5.41, 5.74) is 3.60. The van der Waals surface area contributed by atoms with Crippen molar-refractivity contribution in [3.05, 3.63) is 100 Å². The summed E-state index contributed by atoms with van der Waals surface area (Å²) in [6.07, 6.45) is 5.22. The molecule has 0 saturated heterocycles. The first-order valence-electron chi connectivity index (χ1n) is 7.95. The molecule has 0 atom stereocenters. The van der Waals surface area contributed by atoms with E-state index in [0.29, 0.717) is 5.02 Å². The molecular weight excluding hydrogens is 367 g/mol. The molecule has 0 amide bonds. The summed E-state index contributed by atoms with van der Waals surface area (Å²) in [5, 5.41) is 2.47. The number of aryl methyl sites for hydroxylation is 1. The molecule has 2 nitrogen and oxygen atoms in total. The summed E-state index contributed by atoms with van der Waals surface area (Å²) in [6, 6.07) is 16.2. The second-order valence-electron chi connectivity index (χ2n) is 5.60. The fourth-order valence-electron chi connectivity index (χ4n) is 2.20. The lowest BCUT2D eigenvalue weighted by Crippen LogP contribution is -1.97. The number of allylic oxidation sites excluding steroid dienone is 1. The predicted molar refractivity (Wildman–Crippen MR) is 108 cm³/mol. The predicted octanol–water partition coefficient (Wildman–Crippen LogP) is 6.61. The Morgan fingerprint density at radius 1 is 1.08 bits per heavy atom. The molecule has 0 bridgehead atoms. The smallest absolute Gasteiger partial charge is 0.123 e. The zero-order valence-corrected chi connectivity index (χ0v) is 15.6. The number of rotatable bonds is 5. The fourth-order valence-corrected chi connectivity index (χ4v) is 3.02. The molecule has 0 fully saturated rings. The molecule has 0 saturated carbocycles. The highest BCUT2D eigenvalue weighted by Gasteiger charge is 2.03. The van der Waals surface area contributed by atoms with Crippen LogP contribution in [0.5, 0.6) is 0 Å². The van der Waals surface area contributed by atoms with Gasteiger partial charge in [-0.25, -0.2) is 9.38 Å². The molecule has 1 aromatic heterocycles. The van der Waals surface area contributed by atoms with Crippen LogP contribution in [-0.2, 0) is 0 Å². The van der Waals surface area contributed by atoms with E-state index in [4.69, 9.17) is 16.6 Å². The normalized spacial score (nSPS) is 11.9. The summed E-state index contributed by atoms with van der Waals surface area (Å²) in [7, 11) is 0. The lowest BCUT2D eigenvalue weighted by atomic mass is 10.1. The molecule has 0 unspecified atom stereocenters. The summed E-state index contributed by atoms with van der Waals surface area (Å²) < 4.78 is 13.0. The van der Waals surface area contributed by atoms with Crippen molar-refractivity contribution in [3.63, 3.8) is 0 Å².